The van der Waals surface area contributed by atoms with Crippen molar-refractivity contribution in [3.8, 4) is 0 Å². The van der Waals surface area contributed by atoms with Crippen LogP contribution in [0.4, 0.5) is 4.39 Å². The third kappa shape index (κ3) is 8.14. The highest BCUT2D eigenvalue weighted by Gasteiger charge is 2.04. The van der Waals surface area contributed by atoms with Gasteiger partial charge in [-0.3, -0.25) is 0 Å². The minimum absolute atomic E-state index is 0.0479. The summed E-state index contributed by atoms with van der Waals surface area (Å²) in [6.07, 6.45) is 6.45. The van der Waals surface area contributed by atoms with Crippen molar-refractivity contribution in [2.24, 2.45) is 5.92 Å². The highest BCUT2D eigenvalue weighted by Crippen LogP contribution is 2.16. The lowest BCUT2D eigenvalue weighted by atomic mass is 9.98. The van der Waals surface area contributed by atoms with Gasteiger partial charge in [-0.05, 0) is 63.1 Å². The van der Waals surface area contributed by atoms with Gasteiger partial charge in [0, 0.05) is 0 Å². The van der Waals surface area contributed by atoms with Crippen molar-refractivity contribution < 1.29 is 4.39 Å². The Bertz CT molecular complexity index is 404. The van der Waals surface area contributed by atoms with E-state index in [0.717, 1.165) is 24.0 Å². The highest BCUT2D eigenvalue weighted by atomic mass is 19.1. The quantitative estimate of drug-likeness (QED) is 0.541. The van der Waals surface area contributed by atoms with Crippen LogP contribution >= 0.6 is 0 Å². The van der Waals surface area contributed by atoms with E-state index in [1.54, 1.807) is 6.07 Å². The van der Waals surface area contributed by atoms with Crippen molar-refractivity contribution in [1.29, 1.82) is 0 Å². The fourth-order valence-electron chi connectivity index (χ4n) is 1.67. The first-order valence-electron chi connectivity index (χ1n) is 7.81. The minimum Gasteiger partial charge on any atom is -0.207 e. The molecule has 1 heteroatoms. The number of hydrogen-bond acceptors (Lipinski definition) is 0. The lowest BCUT2D eigenvalue weighted by Crippen LogP contribution is -1.97. The van der Waals surface area contributed by atoms with E-state index in [1.807, 2.05) is 19.1 Å². The van der Waals surface area contributed by atoms with E-state index in [0.29, 0.717) is 5.92 Å². The number of rotatable bonds is 5. The van der Waals surface area contributed by atoms with Gasteiger partial charge in [0.05, 0.1) is 0 Å². The molecule has 0 amide bonds. The van der Waals surface area contributed by atoms with Crippen molar-refractivity contribution in [2.45, 2.75) is 67.2 Å². The standard InChI is InChI=1S/C13H19F.C6H12/c1-4-10(2)5-7-12-8-6-11(3)9-13(12)14;1-4-6(3)5-2/h6,8-10H,4-5,7H2,1-3H3;4H,5H2,1-3H3/b;6-4+. The molecule has 0 heterocycles. The second kappa shape index (κ2) is 10.7. The van der Waals surface area contributed by atoms with Gasteiger partial charge in [-0.2, -0.15) is 0 Å². The predicted octanol–water partition coefficient (Wildman–Crippen LogP) is 6.48. The smallest absolute Gasteiger partial charge is 0.126 e. The lowest BCUT2D eigenvalue weighted by Gasteiger charge is -2.08. The number of aryl methyl sites for hydroxylation is 2. The Morgan fingerprint density at radius 1 is 1.30 bits per heavy atom. The Labute approximate surface area is 125 Å². The molecule has 0 aromatic heterocycles. The zero-order chi connectivity index (χ0) is 15.5. The third-order valence-electron chi connectivity index (χ3n) is 3.86. The van der Waals surface area contributed by atoms with Gasteiger partial charge < -0.3 is 0 Å². The molecule has 0 saturated carbocycles. The van der Waals surface area contributed by atoms with Crippen LogP contribution in [0.1, 0.15) is 65.0 Å². The van der Waals surface area contributed by atoms with Gasteiger partial charge in [-0.15, -0.1) is 0 Å². The van der Waals surface area contributed by atoms with Crippen LogP contribution in [0.5, 0.6) is 0 Å². The Morgan fingerprint density at radius 3 is 2.35 bits per heavy atom. The molecule has 1 unspecified atom stereocenters. The molecule has 0 nitrogen and oxygen atoms in total. The largest absolute Gasteiger partial charge is 0.207 e. The molecule has 0 fully saturated rings. The van der Waals surface area contributed by atoms with Crippen molar-refractivity contribution in [2.75, 3.05) is 0 Å². The summed E-state index contributed by atoms with van der Waals surface area (Å²) in [4.78, 5) is 0. The third-order valence-corrected chi connectivity index (χ3v) is 3.86. The molecule has 1 aromatic rings. The Hall–Kier alpha value is -1.11. The average Bonchev–Trinajstić information content (AvgIpc) is 2.45. The monoisotopic (exact) mass is 278 g/mol. The van der Waals surface area contributed by atoms with Gasteiger partial charge in [0.2, 0.25) is 0 Å². The minimum atomic E-state index is -0.0479. The van der Waals surface area contributed by atoms with E-state index in [-0.39, 0.29) is 5.82 Å². The van der Waals surface area contributed by atoms with Crippen LogP contribution in [0, 0.1) is 18.7 Å². The maximum atomic E-state index is 13.4. The highest BCUT2D eigenvalue weighted by molar-refractivity contribution is 5.23. The van der Waals surface area contributed by atoms with Gasteiger partial charge >= 0.3 is 0 Å². The summed E-state index contributed by atoms with van der Waals surface area (Å²) in [5.41, 5.74) is 3.32. The maximum Gasteiger partial charge on any atom is 0.126 e. The van der Waals surface area contributed by atoms with Gasteiger partial charge in [0.1, 0.15) is 5.82 Å². The summed E-state index contributed by atoms with van der Waals surface area (Å²) in [5.74, 6) is 0.643. The first-order valence-corrected chi connectivity index (χ1v) is 7.81. The Balaban J connectivity index is 0.000000511. The zero-order valence-electron chi connectivity index (χ0n) is 14.1. The molecule has 0 radical (unpaired) electrons. The molecule has 0 spiro atoms. The van der Waals surface area contributed by atoms with Crippen LogP contribution in [-0.2, 0) is 6.42 Å². The Kier molecular flexibility index (Phi) is 10.1. The van der Waals surface area contributed by atoms with Crippen molar-refractivity contribution in [1.82, 2.24) is 0 Å². The van der Waals surface area contributed by atoms with Crippen LogP contribution in [0.3, 0.4) is 0 Å². The molecule has 0 N–H and O–H groups in total. The van der Waals surface area contributed by atoms with E-state index in [1.165, 1.54) is 18.4 Å². The second-order valence-electron chi connectivity index (χ2n) is 5.64. The molecule has 0 bridgehead atoms. The zero-order valence-corrected chi connectivity index (χ0v) is 14.1. The number of benzene rings is 1. The topological polar surface area (TPSA) is 0 Å². The van der Waals surface area contributed by atoms with Gasteiger partial charge in [0.15, 0.2) is 0 Å². The van der Waals surface area contributed by atoms with E-state index in [2.05, 4.69) is 40.7 Å². The fourth-order valence-corrected chi connectivity index (χ4v) is 1.67. The first-order chi connectivity index (χ1) is 9.44. The summed E-state index contributed by atoms with van der Waals surface area (Å²) >= 11 is 0. The molecule has 20 heavy (non-hydrogen) atoms. The molecule has 1 rings (SSSR count). The van der Waals surface area contributed by atoms with Crippen LogP contribution in [-0.4, -0.2) is 0 Å². The molecule has 0 aliphatic carbocycles. The van der Waals surface area contributed by atoms with Crippen LogP contribution in [0.25, 0.3) is 0 Å². The summed E-state index contributed by atoms with van der Waals surface area (Å²) in [6, 6.07) is 5.51. The molecule has 1 aromatic carbocycles. The lowest BCUT2D eigenvalue weighted by molar-refractivity contribution is 0.506. The van der Waals surface area contributed by atoms with E-state index < -0.39 is 0 Å². The molecule has 0 aliphatic rings. The maximum absolute atomic E-state index is 13.4. The molecule has 1 atom stereocenters. The van der Waals surface area contributed by atoms with Gasteiger partial charge in [0.25, 0.3) is 0 Å². The molecule has 0 saturated heterocycles. The summed E-state index contributed by atoms with van der Waals surface area (Å²) < 4.78 is 13.4. The van der Waals surface area contributed by atoms with Crippen molar-refractivity contribution >= 4 is 0 Å². The molecule has 0 aliphatic heterocycles. The van der Waals surface area contributed by atoms with E-state index in [9.17, 15) is 4.39 Å². The number of hydrogen-bond donors (Lipinski definition) is 0. The number of halogens is 1. The Morgan fingerprint density at radius 2 is 1.95 bits per heavy atom. The SMILES string of the molecule is C/C=C(\C)CC.CCC(C)CCc1ccc(C)cc1F. The van der Waals surface area contributed by atoms with Crippen molar-refractivity contribution in [3.05, 3.63) is 46.8 Å². The molecule has 114 valence electrons. The van der Waals surface area contributed by atoms with E-state index >= 15 is 0 Å². The van der Waals surface area contributed by atoms with Crippen LogP contribution in [0.15, 0.2) is 29.8 Å². The van der Waals surface area contributed by atoms with Gasteiger partial charge in [-0.1, -0.05) is 51.0 Å². The van der Waals surface area contributed by atoms with Crippen molar-refractivity contribution in [3.63, 3.8) is 0 Å². The summed E-state index contributed by atoms with van der Waals surface area (Å²) in [6.45, 7) is 12.7. The predicted molar refractivity (Wildman–Crippen MR) is 88.6 cm³/mol. The molecular weight excluding hydrogens is 247 g/mol. The summed E-state index contributed by atoms with van der Waals surface area (Å²) in [7, 11) is 0. The van der Waals surface area contributed by atoms with E-state index in [4.69, 9.17) is 0 Å². The number of allylic oxidation sites excluding steroid dienone is 2. The van der Waals surface area contributed by atoms with Crippen LogP contribution in [0.2, 0.25) is 0 Å². The summed E-state index contributed by atoms with van der Waals surface area (Å²) in [5, 5.41) is 0. The second-order valence-corrected chi connectivity index (χ2v) is 5.64. The fraction of sp³-hybridized carbons (Fsp3) is 0.579. The van der Waals surface area contributed by atoms with Crippen LogP contribution < -0.4 is 0 Å². The normalized spacial score (nSPS) is 12.7. The molecular formula is C19H31F. The average molecular weight is 278 g/mol. The first kappa shape index (κ1) is 18.9. The van der Waals surface area contributed by atoms with Gasteiger partial charge in [-0.25, -0.2) is 4.39 Å².